The molecule has 0 saturated carbocycles. The van der Waals surface area contributed by atoms with Crippen molar-refractivity contribution in [3.63, 3.8) is 0 Å². The van der Waals surface area contributed by atoms with E-state index < -0.39 is 0 Å². The van der Waals surface area contributed by atoms with Crippen molar-refractivity contribution in [3.05, 3.63) is 35.1 Å². The topological polar surface area (TPSA) is 56.0 Å². The Hall–Kier alpha value is -1.44. The summed E-state index contributed by atoms with van der Waals surface area (Å²) in [6.07, 6.45) is 0. The van der Waals surface area contributed by atoms with E-state index >= 15 is 0 Å². The largest absolute Gasteiger partial charge is 0.396 e. The first-order valence-electron chi connectivity index (χ1n) is 5.17. The fourth-order valence-electron chi connectivity index (χ4n) is 1.34. The van der Waals surface area contributed by atoms with Gasteiger partial charge < -0.3 is 10.4 Å². The standard InChI is InChI=1S/C12H15FN2O/c1-9(8-16)6-15-7-11-4-12(13)3-2-10(11)5-14/h2-4,9,15-16H,6-8H2,1H3. The Morgan fingerprint density at radius 3 is 2.94 bits per heavy atom. The van der Waals surface area contributed by atoms with E-state index in [1.165, 1.54) is 18.2 Å². The zero-order valence-electron chi connectivity index (χ0n) is 9.20. The third-order valence-corrected chi connectivity index (χ3v) is 2.31. The molecule has 0 radical (unpaired) electrons. The molecule has 1 atom stereocenters. The Bertz CT molecular complexity index is 387. The van der Waals surface area contributed by atoms with Crippen LogP contribution in [-0.2, 0) is 6.54 Å². The predicted molar refractivity (Wildman–Crippen MR) is 59.1 cm³/mol. The van der Waals surface area contributed by atoms with Crippen LogP contribution in [0.2, 0.25) is 0 Å². The van der Waals surface area contributed by atoms with Crippen LogP contribution in [0, 0.1) is 23.1 Å². The Morgan fingerprint density at radius 1 is 1.56 bits per heavy atom. The number of benzene rings is 1. The lowest BCUT2D eigenvalue weighted by Gasteiger charge is -2.10. The summed E-state index contributed by atoms with van der Waals surface area (Å²) in [7, 11) is 0. The number of hydrogen-bond acceptors (Lipinski definition) is 3. The molecule has 0 aliphatic heterocycles. The van der Waals surface area contributed by atoms with Crippen molar-refractivity contribution in [3.8, 4) is 6.07 Å². The molecule has 0 aromatic heterocycles. The van der Waals surface area contributed by atoms with Crippen LogP contribution < -0.4 is 5.32 Å². The fraction of sp³-hybridized carbons (Fsp3) is 0.417. The normalized spacial score (nSPS) is 12.1. The average molecular weight is 222 g/mol. The molecule has 1 rings (SSSR count). The molecule has 86 valence electrons. The zero-order valence-corrected chi connectivity index (χ0v) is 9.20. The molecule has 4 heteroatoms. The van der Waals surface area contributed by atoms with E-state index in [0.717, 1.165) is 0 Å². The zero-order chi connectivity index (χ0) is 12.0. The first-order chi connectivity index (χ1) is 7.67. The minimum Gasteiger partial charge on any atom is -0.396 e. The van der Waals surface area contributed by atoms with E-state index in [0.29, 0.717) is 24.2 Å². The molecule has 1 unspecified atom stereocenters. The van der Waals surface area contributed by atoms with Gasteiger partial charge in [0.25, 0.3) is 0 Å². The molecule has 0 bridgehead atoms. The highest BCUT2D eigenvalue weighted by Crippen LogP contribution is 2.10. The van der Waals surface area contributed by atoms with Crippen molar-refractivity contribution < 1.29 is 9.50 Å². The smallest absolute Gasteiger partial charge is 0.123 e. The number of rotatable bonds is 5. The number of halogens is 1. The first kappa shape index (κ1) is 12.6. The molecule has 0 heterocycles. The first-order valence-corrected chi connectivity index (χ1v) is 5.17. The van der Waals surface area contributed by atoms with E-state index in [1.54, 1.807) is 0 Å². The van der Waals surface area contributed by atoms with E-state index in [1.807, 2.05) is 13.0 Å². The third-order valence-electron chi connectivity index (χ3n) is 2.31. The van der Waals surface area contributed by atoms with Gasteiger partial charge in [-0.15, -0.1) is 0 Å². The third kappa shape index (κ3) is 3.61. The van der Waals surface area contributed by atoms with E-state index in [9.17, 15) is 4.39 Å². The lowest BCUT2D eigenvalue weighted by molar-refractivity contribution is 0.233. The van der Waals surface area contributed by atoms with Gasteiger partial charge in [-0.05, 0) is 29.7 Å². The molecule has 0 amide bonds. The molecule has 0 saturated heterocycles. The Morgan fingerprint density at radius 2 is 2.31 bits per heavy atom. The molecular weight excluding hydrogens is 207 g/mol. The predicted octanol–water partition coefficient (Wildman–Crippen LogP) is 1.42. The van der Waals surface area contributed by atoms with Gasteiger partial charge in [-0.1, -0.05) is 6.92 Å². The number of nitriles is 1. The van der Waals surface area contributed by atoms with Crippen molar-refractivity contribution in [2.75, 3.05) is 13.2 Å². The Labute approximate surface area is 94.5 Å². The summed E-state index contributed by atoms with van der Waals surface area (Å²) in [5.74, 6) is -0.190. The molecule has 0 fully saturated rings. The molecule has 16 heavy (non-hydrogen) atoms. The van der Waals surface area contributed by atoms with Gasteiger partial charge >= 0.3 is 0 Å². The Kier molecular flexibility index (Phi) is 4.90. The van der Waals surface area contributed by atoms with Crippen LogP contribution in [0.25, 0.3) is 0 Å². The van der Waals surface area contributed by atoms with Crippen molar-refractivity contribution >= 4 is 0 Å². The van der Waals surface area contributed by atoms with Gasteiger partial charge in [0.05, 0.1) is 11.6 Å². The quantitative estimate of drug-likeness (QED) is 0.792. The van der Waals surface area contributed by atoms with Crippen molar-refractivity contribution in [2.45, 2.75) is 13.5 Å². The number of aliphatic hydroxyl groups is 1. The minimum atomic E-state index is -0.342. The van der Waals surface area contributed by atoms with Crippen LogP contribution in [0.5, 0.6) is 0 Å². The second kappa shape index (κ2) is 6.21. The molecule has 2 N–H and O–H groups in total. The van der Waals surface area contributed by atoms with Gasteiger partial charge in [0, 0.05) is 19.7 Å². The second-order valence-corrected chi connectivity index (χ2v) is 3.83. The van der Waals surface area contributed by atoms with E-state index in [4.69, 9.17) is 10.4 Å². The van der Waals surface area contributed by atoms with Crippen LogP contribution in [0.4, 0.5) is 4.39 Å². The summed E-state index contributed by atoms with van der Waals surface area (Å²) in [6, 6.07) is 6.13. The van der Waals surface area contributed by atoms with E-state index in [2.05, 4.69) is 5.32 Å². The summed E-state index contributed by atoms with van der Waals surface area (Å²) in [6.45, 7) is 3.09. The van der Waals surface area contributed by atoms with Gasteiger partial charge in [0.1, 0.15) is 5.82 Å². The monoisotopic (exact) mass is 222 g/mol. The maximum atomic E-state index is 13.0. The second-order valence-electron chi connectivity index (χ2n) is 3.83. The number of hydrogen-bond donors (Lipinski definition) is 2. The van der Waals surface area contributed by atoms with Gasteiger partial charge in [-0.2, -0.15) is 5.26 Å². The summed E-state index contributed by atoms with van der Waals surface area (Å²) in [5.41, 5.74) is 1.12. The minimum absolute atomic E-state index is 0.112. The van der Waals surface area contributed by atoms with Gasteiger partial charge in [0.2, 0.25) is 0 Å². The van der Waals surface area contributed by atoms with Crippen molar-refractivity contribution in [2.24, 2.45) is 5.92 Å². The van der Waals surface area contributed by atoms with Crippen LogP contribution in [0.3, 0.4) is 0 Å². The number of nitrogens with one attached hydrogen (secondary N) is 1. The summed E-state index contributed by atoms with van der Waals surface area (Å²) < 4.78 is 13.0. The van der Waals surface area contributed by atoms with Crippen molar-refractivity contribution in [1.82, 2.24) is 5.32 Å². The van der Waals surface area contributed by atoms with Gasteiger partial charge in [-0.3, -0.25) is 0 Å². The number of nitrogens with zero attached hydrogens (tertiary/aromatic N) is 1. The lowest BCUT2D eigenvalue weighted by Crippen LogP contribution is -2.23. The molecule has 0 aliphatic carbocycles. The van der Waals surface area contributed by atoms with Crippen LogP contribution in [0.15, 0.2) is 18.2 Å². The highest BCUT2D eigenvalue weighted by Gasteiger charge is 2.04. The highest BCUT2D eigenvalue weighted by atomic mass is 19.1. The molecular formula is C12H15FN2O. The maximum absolute atomic E-state index is 13.0. The molecule has 0 aliphatic rings. The SMILES string of the molecule is CC(CO)CNCc1cc(F)ccc1C#N. The number of aliphatic hydroxyl groups excluding tert-OH is 1. The summed E-state index contributed by atoms with van der Waals surface area (Å²) in [5, 5.41) is 20.7. The fourth-order valence-corrected chi connectivity index (χ4v) is 1.34. The lowest BCUT2D eigenvalue weighted by atomic mass is 10.1. The Balaban J connectivity index is 2.59. The van der Waals surface area contributed by atoms with Crippen LogP contribution in [-0.4, -0.2) is 18.3 Å². The molecule has 1 aromatic carbocycles. The van der Waals surface area contributed by atoms with Crippen LogP contribution in [0.1, 0.15) is 18.1 Å². The summed E-state index contributed by atoms with van der Waals surface area (Å²) >= 11 is 0. The summed E-state index contributed by atoms with van der Waals surface area (Å²) in [4.78, 5) is 0. The van der Waals surface area contributed by atoms with Gasteiger partial charge in [0.15, 0.2) is 0 Å². The highest BCUT2D eigenvalue weighted by molar-refractivity contribution is 5.37. The molecule has 3 nitrogen and oxygen atoms in total. The van der Waals surface area contributed by atoms with Crippen LogP contribution >= 0.6 is 0 Å². The average Bonchev–Trinajstić information content (AvgIpc) is 2.29. The van der Waals surface area contributed by atoms with Crippen molar-refractivity contribution in [1.29, 1.82) is 5.26 Å². The molecule has 1 aromatic rings. The maximum Gasteiger partial charge on any atom is 0.123 e. The van der Waals surface area contributed by atoms with E-state index in [-0.39, 0.29) is 18.3 Å². The van der Waals surface area contributed by atoms with Gasteiger partial charge in [-0.25, -0.2) is 4.39 Å². The molecule has 0 spiro atoms.